The predicted molar refractivity (Wildman–Crippen MR) is 81.2 cm³/mol. The molecule has 0 saturated heterocycles. The third-order valence-corrected chi connectivity index (χ3v) is 3.51. The lowest BCUT2D eigenvalue weighted by atomic mass is 10.1. The zero-order valence-corrected chi connectivity index (χ0v) is 11.5. The molecule has 3 heterocycles. The number of nitrogens with one attached hydrogen (secondary N) is 1. The summed E-state index contributed by atoms with van der Waals surface area (Å²) in [4.78, 5) is 12.1. The summed E-state index contributed by atoms with van der Waals surface area (Å²) >= 11 is 0. The van der Waals surface area contributed by atoms with Gasteiger partial charge in [0.2, 0.25) is 0 Å². The minimum Gasteiger partial charge on any atom is -0.343 e. The highest BCUT2D eigenvalue weighted by Crippen LogP contribution is 2.24. The molecule has 0 radical (unpaired) electrons. The molecule has 0 atom stereocenters. The molecule has 5 nitrogen and oxygen atoms in total. The van der Waals surface area contributed by atoms with Crippen LogP contribution in [0.25, 0.3) is 28.1 Å². The molecule has 0 fully saturated rings. The third kappa shape index (κ3) is 1.99. The number of imidazole rings is 1. The van der Waals surface area contributed by atoms with E-state index in [1.54, 1.807) is 18.6 Å². The Morgan fingerprint density at radius 1 is 1.14 bits per heavy atom. The van der Waals surface area contributed by atoms with Crippen LogP contribution in [-0.4, -0.2) is 24.7 Å². The van der Waals surface area contributed by atoms with Gasteiger partial charge in [0.05, 0.1) is 11.2 Å². The second kappa shape index (κ2) is 4.56. The van der Waals surface area contributed by atoms with E-state index in [2.05, 4.69) is 40.2 Å². The molecule has 102 valence electrons. The van der Waals surface area contributed by atoms with Crippen molar-refractivity contribution in [2.75, 3.05) is 0 Å². The molecule has 0 unspecified atom stereocenters. The fourth-order valence-electron chi connectivity index (χ4n) is 2.48. The molecule has 1 aromatic carbocycles. The Hall–Kier alpha value is -2.95. The van der Waals surface area contributed by atoms with Crippen molar-refractivity contribution in [3.8, 4) is 17.2 Å². The fraction of sp³-hybridized carbons (Fsp3) is 0.0625. The smallest absolute Gasteiger partial charge is 0.156 e. The summed E-state index contributed by atoms with van der Waals surface area (Å²) in [7, 11) is 0. The molecular formula is C16H13N5. The van der Waals surface area contributed by atoms with E-state index in [1.165, 1.54) is 5.56 Å². The standard InChI is InChI=1S/C16H13N5/c1-11-9-15(16-17-6-7-18-16)20-14-10-12(3-4-13(11)14)21-8-2-5-19-21/h2-10H,1H3,(H,17,18). The predicted octanol–water partition coefficient (Wildman–Crippen LogP) is 3.12. The van der Waals surface area contributed by atoms with Gasteiger partial charge in [-0.05, 0) is 36.8 Å². The van der Waals surface area contributed by atoms with E-state index in [0.29, 0.717) is 0 Å². The lowest BCUT2D eigenvalue weighted by Gasteiger charge is -2.07. The highest BCUT2D eigenvalue weighted by molar-refractivity contribution is 5.86. The molecule has 1 N–H and O–H groups in total. The fourth-order valence-corrected chi connectivity index (χ4v) is 2.48. The summed E-state index contributed by atoms with van der Waals surface area (Å²) in [6.45, 7) is 2.09. The zero-order valence-electron chi connectivity index (χ0n) is 11.5. The van der Waals surface area contributed by atoms with Crippen LogP contribution in [0.4, 0.5) is 0 Å². The number of aromatic amines is 1. The molecule has 4 aromatic rings. The minimum absolute atomic E-state index is 0.782. The molecule has 0 saturated carbocycles. The summed E-state index contributed by atoms with van der Waals surface area (Å²) in [5.74, 6) is 0.782. The summed E-state index contributed by atoms with van der Waals surface area (Å²) in [6.07, 6.45) is 7.22. The van der Waals surface area contributed by atoms with Crippen LogP contribution in [0.5, 0.6) is 0 Å². The molecule has 0 amide bonds. The molecule has 0 aliphatic heterocycles. The molecular weight excluding hydrogens is 262 g/mol. The maximum atomic E-state index is 4.71. The average molecular weight is 275 g/mol. The second-order valence-electron chi connectivity index (χ2n) is 4.91. The first kappa shape index (κ1) is 11.8. The third-order valence-electron chi connectivity index (χ3n) is 3.51. The SMILES string of the molecule is Cc1cc(-c2ncc[nH]2)nc2cc(-n3cccn3)ccc12. The number of hydrogen-bond donors (Lipinski definition) is 1. The molecule has 0 aliphatic rings. The van der Waals surface area contributed by atoms with Gasteiger partial charge in [0.15, 0.2) is 5.82 Å². The maximum Gasteiger partial charge on any atom is 0.156 e. The Balaban J connectivity index is 1.93. The van der Waals surface area contributed by atoms with Crippen LogP contribution in [0.15, 0.2) is 55.1 Å². The van der Waals surface area contributed by atoms with Crippen LogP contribution in [0.3, 0.4) is 0 Å². The number of pyridine rings is 1. The van der Waals surface area contributed by atoms with Gasteiger partial charge in [0.25, 0.3) is 0 Å². The van der Waals surface area contributed by atoms with Gasteiger partial charge in [-0.2, -0.15) is 5.10 Å². The van der Waals surface area contributed by atoms with E-state index in [9.17, 15) is 0 Å². The van der Waals surface area contributed by atoms with Crippen LogP contribution < -0.4 is 0 Å². The number of hydrogen-bond acceptors (Lipinski definition) is 3. The number of fused-ring (bicyclic) bond motifs is 1. The Morgan fingerprint density at radius 2 is 2.10 bits per heavy atom. The van der Waals surface area contributed by atoms with Gasteiger partial charge < -0.3 is 4.98 Å². The number of nitrogens with zero attached hydrogens (tertiary/aromatic N) is 4. The molecule has 5 heteroatoms. The normalized spacial score (nSPS) is 11.1. The van der Waals surface area contributed by atoms with Crippen molar-refractivity contribution in [3.05, 3.63) is 60.7 Å². The summed E-state index contributed by atoms with van der Waals surface area (Å²) < 4.78 is 1.83. The zero-order chi connectivity index (χ0) is 14.2. The van der Waals surface area contributed by atoms with E-state index < -0.39 is 0 Å². The quantitative estimate of drug-likeness (QED) is 0.611. The first-order valence-electron chi connectivity index (χ1n) is 6.72. The van der Waals surface area contributed by atoms with Gasteiger partial charge in [-0.1, -0.05) is 6.07 Å². The monoisotopic (exact) mass is 275 g/mol. The molecule has 0 bridgehead atoms. The van der Waals surface area contributed by atoms with Crippen molar-refractivity contribution in [1.29, 1.82) is 0 Å². The second-order valence-corrected chi connectivity index (χ2v) is 4.91. The van der Waals surface area contributed by atoms with Crippen LogP contribution in [0.2, 0.25) is 0 Å². The van der Waals surface area contributed by atoms with Gasteiger partial charge in [-0.3, -0.25) is 0 Å². The number of benzene rings is 1. The molecule has 0 aliphatic carbocycles. The number of rotatable bonds is 2. The van der Waals surface area contributed by atoms with E-state index in [-0.39, 0.29) is 0 Å². The van der Waals surface area contributed by atoms with E-state index in [4.69, 9.17) is 4.98 Å². The van der Waals surface area contributed by atoms with Gasteiger partial charge in [-0.15, -0.1) is 0 Å². The van der Waals surface area contributed by atoms with Crippen LogP contribution in [-0.2, 0) is 0 Å². The highest BCUT2D eigenvalue weighted by atomic mass is 15.3. The minimum atomic E-state index is 0.782. The molecule has 21 heavy (non-hydrogen) atoms. The van der Waals surface area contributed by atoms with E-state index in [0.717, 1.165) is 28.1 Å². The number of aromatic nitrogens is 5. The number of H-pyrrole nitrogens is 1. The first-order chi connectivity index (χ1) is 10.3. The molecule has 0 spiro atoms. The Kier molecular flexibility index (Phi) is 2.57. The molecule has 4 rings (SSSR count). The van der Waals surface area contributed by atoms with Gasteiger partial charge in [0.1, 0.15) is 5.69 Å². The van der Waals surface area contributed by atoms with Crippen molar-refractivity contribution in [2.45, 2.75) is 6.92 Å². The van der Waals surface area contributed by atoms with E-state index in [1.807, 2.05) is 23.0 Å². The van der Waals surface area contributed by atoms with Crippen molar-refractivity contribution in [1.82, 2.24) is 24.7 Å². The summed E-state index contributed by atoms with van der Waals surface area (Å²) in [6, 6.07) is 10.1. The first-order valence-corrected chi connectivity index (χ1v) is 6.72. The van der Waals surface area contributed by atoms with Gasteiger partial charge in [-0.25, -0.2) is 14.6 Å². The largest absolute Gasteiger partial charge is 0.343 e. The summed E-state index contributed by atoms with van der Waals surface area (Å²) in [5.41, 5.74) is 3.96. The summed E-state index contributed by atoms with van der Waals surface area (Å²) in [5, 5.41) is 5.40. The lowest BCUT2D eigenvalue weighted by Crippen LogP contribution is -1.96. The van der Waals surface area contributed by atoms with Crippen LogP contribution in [0, 0.1) is 6.92 Å². The molecule has 3 aromatic heterocycles. The topological polar surface area (TPSA) is 59.4 Å². The van der Waals surface area contributed by atoms with Crippen LogP contribution in [0.1, 0.15) is 5.56 Å². The number of aryl methyl sites for hydroxylation is 1. The van der Waals surface area contributed by atoms with Crippen molar-refractivity contribution in [3.63, 3.8) is 0 Å². The van der Waals surface area contributed by atoms with Crippen molar-refractivity contribution >= 4 is 10.9 Å². The van der Waals surface area contributed by atoms with Crippen molar-refractivity contribution in [2.24, 2.45) is 0 Å². The Morgan fingerprint density at radius 3 is 2.86 bits per heavy atom. The Bertz CT molecular complexity index is 887. The van der Waals surface area contributed by atoms with E-state index >= 15 is 0 Å². The van der Waals surface area contributed by atoms with Gasteiger partial charge in [0, 0.05) is 30.2 Å². The van der Waals surface area contributed by atoms with Crippen molar-refractivity contribution < 1.29 is 0 Å². The Labute approximate surface area is 121 Å². The van der Waals surface area contributed by atoms with Gasteiger partial charge >= 0.3 is 0 Å². The van der Waals surface area contributed by atoms with Crippen LogP contribution >= 0.6 is 0 Å². The lowest BCUT2D eigenvalue weighted by molar-refractivity contribution is 0.881. The maximum absolute atomic E-state index is 4.71. The highest BCUT2D eigenvalue weighted by Gasteiger charge is 2.08. The average Bonchev–Trinajstić information content (AvgIpc) is 3.20.